The Morgan fingerprint density at radius 2 is 1.81 bits per heavy atom. The monoisotopic (exact) mass is 225 g/mol. The molecule has 2 unspecified atom stereocenters. The maximum absolute atomic E-state index is 6.63. The predicted molar refractivity (Wildman–Crippen MR) is 72.5 cm³/mol. The molecular weight excluding hydrogens is 194 g/mol. The average Bonchev–Trinajstić information content (AvgIpc) is 2.48. The smallest absolute Gasteiger partial charge is 0.0157 e. The Labute approximate surface area is 102 Å². The van der Waals surface area contributed by atoms with Crippen LogP contribution in [0.1, 0.15) is 78.6 Å². The van der Waals surface area contributed by atoms with Gasteiger partial charge in [-0.05, 0) is 37.5 Å². The first-order valence-electron chi connectivity index (χ1n) is 7.42. The van der Waals surface area contributed by atoms with Gasteiger partial charge in [-0.3, -0.25) is 0 Å². The lowest BCUT2D eigenvalue weighted by atomic mass is 9.80. The first-order chi connectivity index (χ1) is 7.63. The molecule has 16 heavy (non-hydrogen) atoms. The van der Waals surface area contributed by atoms with E-state index in [0.29, 0.717) is 0 Å². The molecular formula is C15H31N. The van der Waals surface area contributed by atoms with Crippen molar-refractivity contribution in [3.63, 3.8) is 0 Å². The highest BCUT2D eigenvalue weighted by molar-refractivity contribution is 4.89. The number of rotatable bonds is 5. The first kappa shape index (κ1) is 14.0. The van der Waals surface area contributed by atoms with E-state index in [9.17, 15) is 0 Å². The van der Waals surface area contributed by atoms with E-state index in [1.165, 1.54) is 57.8 Å². The molecule has 1 saturated carbocycles. The minimum atomic E-state index is 0.167. The summed E-state index contributed by atoms with van der Waals surface area (Å²) >= 11 is 0. The van der Waals surface area contributed by atoms with E-state index in [0.717, 1.165) is 11.8 Å². The fourth-order valence-electron chi connectivity index (χ4n) is 3.27. The van der Waals surface area contributed by atoms with Crippen LogP contribution in [-0.4, -0.2) is 5.54 Å². The lowest BCUT2D eigenvalue weighted by molar-refractivity contribution is 0.270. The van der Waals surface area contributed by atoms with E-state index in [4.69, 9.17) is 5.73 Å². The summed E-state index contributed by atoms with van der Waals surface area (Å²) in [6, 6.07) is 0. The van der Waals surface area contributed by atoms with Gasteiger partial charge in [-0.15, -0.1) is 0 Å². The summed E-state index contributed by atoms with van der Waals surface area (Å²) in [7, 11) is 0. The maximum atomic E-state index is 6.63. The summed E-state index contributed by atoms with van der Waals surface area (Å²) in [5, 5.41) is 0. The van der Waals surface area contributed by atoms with Crippen LogP contribution in [0.25, 0.3) is 0 Å². The number of hydrogen-bond donors (Lipinski definition) is 1. The minimum Gasteiger partial charge on any atom is -0.325 e. The molecule has 0 aromatic rings. The molecule has 1 heteroatoms. The van der Waals surface area contributed by atoms with Crippen molar-refractivity contribution in [1.29, 1.82) is 0 Å². The summed E-state index contributed by atoms with van der Waals surface area (Å²) in [6.45, 7) is 6.95. The van der Waals surface area contributed by atoms with Gasteiger partial charge in [0.1, 0.15) is 0 Å². The molecule has 0 spiro atoms. The second-order valence-corrected chi connectivity index (χ2v) is 5.95. The second-order valence-electron chi connectivity index (χ2n) is 5.95. The van der Waals surface area contributed by atoms with Crippen LogP contribution in [0.2, 0.25) is 0 Å². The van der Waals surface area contributed by atoms with Gasteiger partial charge in [0.05, 0.1) is 0 Å². The van der Waals surface area contributed by atoms with Crippen molar-refractivity contribution in [3.05, 3.63) is 0 Å². The minimum absolute atomic E-state index is 0.167. The van der Waals surface area contributed by atoms with Gasteiger partial charge in [-0.25, -0.2) is 0 Å². The first-order valence-corrected chi connectivity index (χ1v) is 7.42. The molecule has 0 bridgehead atoms. The van der Waals surface area contributed by atoms with E-state index in [2.05, 4.69) is 20.8 Å². The second kappa shape index (κ2) is 6.64. The fourth-order valence-corrected chi connectivity index (χ4v) is 3.27. The Balaban J connectivity index is 2.49. The normalized spacial score (nSPS) is 31.7. The Morgan fingerprint density at radius 3 is 2.38 bits per heavy atom. The van der Waals surface area contributed by atoms with Crippen molar-refractivity contribution in [2.45, 2.75) is 84.1 Å². The molecule has 0 aliphatic heterocycles. The highest BCUT2D eigenvalue weighted by Gasteiger charge is 2.30. The van der Waals surface area contributed by atoms with Crippen molar-refractivity contribution in [3.8, 4) is 0 Å². The summed E-state index contributed by atoms with van der Waals surface area (Å²) in [4.78, 5) is 0. The highest BCUT2D eigenvalue weighted by atomic mass is 14.7. The average molecular weight is 225 g/mol. The largest absolute Gasteiger partial charge is 0.325 e. The fraction of sp³-hybridized carbons (Fsp3) is 1.00. The van der Waals surface area contributed by atoms with Crippen molar-refractivity contribution < 1.29 is 0 Å². The third-order valence-electron chi connectivity index (χ3n) is 4.76. The lowest BCUT2D eigenvalue weighted by Gasteiger charge is -2.32. The van der Waals surface area contributed by atoms with Crippen LogP contribution in [0.3, 0.4) is 0 Å². The number of hydrogen-bond acceptors (Lipinski definition) is 1. The zero-order valence-electron chi connectivity index (χ0n) is 11.6. The van der Waals surface area contributed by atoms with Crippen LogP contribution in [-0.2, 0) is 0 Å². The van der Waals surface area contributed by atoms with E-state index < -0.39 is 0 Å². The highest BCUT2D eigenvalue weighted by Crippen LogP contribution is 2.35. The van der Waals surface area contributed by atoms with E-state index in [1.54, 1.807) is 0 Å². The zero-order valence-corrected chi connectivity index (χ0v) is 11.6. The molecule has 1 rings (SSSR count). The third-order valence-corrected chi connectivity index (χ3v) is 4.76. The molecule has 0 aromatic carbocycles. The van der Waals surface area contributed by atoms with Crippen LogP contribution in [0.4, 0.5) is 0 Å². The van der Waals surface area contributed by atoms with Crippen LogP contribution in [0, 0.1) is 11.8 Å². The van der Waals surface area contributed by atoms with E-state index in [-0.39, 0.29) is 5.54 Å². The van der Waals surface area contributed by atoms with Gasteiger partial charge >= 0.3 is 0 Å². The summed E-state index contributed by atoms with van der Waals surface area (Å²) in [6.07, 6.45) is 11.9. The Bertz CT molecular complexity index is 186. The maximum Gasteiger partial charge on any atom is 0.0157 e. The molecule has 0 heterocycles. The SMILES string of the molecule is CCC1CCCC(N)(CC(CC)CC)CC1. The quantitative estimate of drug-likeness (QED) is 0.685. The summed E-state index contributed by atoms with van der Waals surface area (Å²) in [5.41, 5.74) is 6.80. The van der Waals surface area contributed by atoms with Crippen molar-refractivity contribution in [2.75, 3.05) is 0 Å². The van der Waals surface area contributed by atoms with Gasteiger partial charge < -0.3 is 5.73 Å². The lowest BCUT2D eigenvalue weighted by Crippen LogP contribution is -2.41. The van der Waals surface area contributed by atoms with Crippen LogP contribution < -0.4 is 5.73 Å². The molecule has 1 aliphatic rings. The van der Waals surface area contributed by atoms with Gasteiger partial charge in [0.15, 0.2) is 0 Å². The van der Waals surface area contributed by atoms with Crippen LogP contribution in [0.5, 0.6) is 0 Å². The van der Waals surface area contributed by atoms with Gasteiger partial charge in [0.25, 0.3) is 0 Å². The predicted octanol–water partition coefficient (Wildman–Crippen LogP) is 4.50. The summed E-state index contributed by atoms with van der Waals surface area (Å²) < 4.78 is 0. The Hall–Kier alpha value is -0.0400. The molecule has 0 saturated heterocycles. The van der Waals surface area contributed by atoms with Gasteiger partial charge in [0.2, 0.25) is 0 Å². The molecule has 0 radical (unpaired) electrons. The van der Waals surface area contributed by atoms with Crippen LogP contribution in [0.15, 0.2) is 0 Å². The standard InChI is InChI=1S/C15H31N/c1-4-13(5-2)12-15(16)10-7-8-14(6-3)9-11-15/h13-14H,4-12,16H2,1-3H3. The topological polar surface area (TPSA) is 26.0 Å². The van der Waals surface area contributed by atoms with Crippen molar-refractivity contribution in [1.82, 2.24) is 0 Å². The van der Waals surface area contributed by atoms with Crippen molar-refractivity contribution >= 4 is 0 Å². The Morgan fingerprint density at radius 1 is 1.12 bits per heavy atom. The van der Waals surface area contributed by atoms with Gasteiger partial charge in [0, 0.05) is 5.54 Å². The van der Waals surface area contributed by atoms with E-state index in [1.807, 2.05) is 0 Å². The Kier molecular flexibility index (Phi) is 5.82. The molecule has 1 nitrogen and oxygen atoms in total. The molecule has 96 valence electrons. The third kappa shape index (κ3) is 4.08. The van der Waals surface area contributed by atoms with Crippen LogP contribution >= 0.6 is 0 Å². The zero-order chi connectivity index (χ0) is 12.0. The van der Waals surface area contributed by atoms with Crippen molar-refractivity contribution in [2.24, 2.45) is 17.6 Å². The molecule has 1 fully saturated rings. The molecule has 0 amide bonds. The molecule has 0 aromatic heterocycles. The molecule has 2 atom stereocenters. The molecule has 2 N–H and O–H groups in total. The molecule has 1 aliphatic carbocycles. The number of nitrogens with two attached hydrogens (primary N) is 1. The van der Waals surface area contributed by atoms with E-state index >= 15 is 0 Å². The van der Waals surface area contributed by atoms with Gasteiger partial charge in [-0.1, -0.05) is 52.9 Å². The summed E-state index contributed by atoms with van der Waals surface area (Å²) in [5.74, 6) is 1.80. The van der Waals surface area contributed by atoms with Gasteiger partial charge in [-0.2, -0.15) is 0 Å².